The van der Waals surface area contributed by atoms with Crippen LogP contribution in [0.3, 0.4) is 0 Å². The first-order valence-electron chi connectivity index (χ1n) is 10.9. The molecular weight excluding hydrogens is 510 g/mol. The average Bonchev–Trinajstić information content (AvgIpc) is 3.31. The SMILES string of the molecule is Nc1cc(C(F)(F)F)c2nc1-c1nnc(o1)C(OCc1ccccc1)(C(F)(F)F)C(O)/C=C/CCCO2. The number of pyridine rings is 1. The predicted octanol–water partition coefficient (Wildman–Crippen LogP) is 4.80. The number of ether oxygens (including phenoxy) is 2. The van der Waals surface area contributed by atoms with Crippen LogP contribution in [0.2, 0.25) is 0 Å². The smallest absolute Gasteiger partial charge is 0.429 e. The lowest BCUT2D eigenvalue weighted by Gasteiger charge is -2.35. The van der Waals surface area contributed by atoms with Crippen LogP contribution in [0.5, 0.6) is 5.88 Å². The Kier molecular flexibility index (Phi) is 7.15. The molecule has 3 N–H and O–H groups in total. The van der Waals surface area contributed by atoms with Gasteiger partial charge in [0.1, 0.15) is 11.7 Å². The number of nitrogens with zero attached hydrogens (tertiary/aromatic N) is 3. The number of aromatic nitrogens is 3. The molecule has 4 rings (SSSR count). The maximum absolute atomic E-state index is 14.6. The molecule has 14 heteroatoms. The summed E-state index contributed by atoms with van der Waals surface area (Å²) in [6.07, 6.45) is -10.3. The van der Waals surface area contributed by atoms with Crippen LogP contribution < -0.4 is 10.5 Å². The van der Waals surface area contributed by atoms with E-state index in [1.807, 2.05) is 0 Å². The van der Waals surface area contributed by atoms with E-state index in [0.29, 0.717) is 11.6 Å². The molecule has 1 aliphatic rings. The van der Waals surface area contributed by atoms with Crippen molar-refractivity contribution in [1.29, 1.82) is 0 Å². The van der Waals surface area contributed by atoms with E-state index in [1.165, 1.54) is 18.2 Å². The maximum Gasteiger partial charge on any atom is 0.429 e. The Morgan fingerprint density at radius 2 is 1.84 bits per heavy atom. The van der Waals surface area contributed by atoms with Crippen LogP contribution in [0.15, 0.2) is 53.0 Å². The molecule has 3 heterocycles. The molecule has 0 spiro atoms. The highest BCUT2D eigenvalue weighted by molar-refractivity contribution is 5.68. The minimum absolute atomic E-state index is 0.0575. The first kappa shape index (κ1) is 26.4. The Bertz CT molecular complexity index is 1260. The van der Waals surface area contributed by atoms with Crippen molar-refractivity contribution in [3.8, 4) is 17.5 Å². The van der Waals surface area contributed by atoms with Crippen molar-refractivity contribution >= 4 is 5.69 Å². The van der Waals surface area contributed by atoms with E-state index in [4.69, 9.17) is 19.6 Å². The summed E-state index contributed by atoms with van der Waals surface area (Å²) < 4.78 is 100. The lowest BCUT2D eigenvalue weighted by Crippen LogP contribution is -2.53. The van der Waals surface area contributed by atoms with Gasteiger partial charge >= 0.3 is 12.4 Å². The van der Waals surface area contributed by atoms with Crippen LogP contribution in [0.1, 0.15) is 29.9 Å². The molecule has 0 saturated carbocycles. The summed E-state index contributed by atoms with van der Waals surface area (Å²) >= 11 is 0. The summed E-state index contributed by atoms with van der Waals surface area (Å²) in [6, 6.07) is 8.39. The van der Waals surface area contributed by atoms with Crippen LogP contribution in [0.4, 0.5) is 32.0 Å². The number of anilines is 1. The number of aliphatic hydroxyl groups is 1. The number of hydrogen-bond donors (Lipinski definition) is 2. The zero-order valence-corrected chi connectivity index (χ0v) is 18.9. The molecule has 37 heavy (non-hydrogen) atoms. The Labute approximate surface area is 205 Å². The van der Waals surface area contributed by atoms with Crippen molar-refractivity contribution in [2.75, 3.05) is 12.3 Å². The molecule has 0 saturated heterocycles. The van der Waals surface area contributed by atoms with Gasteiger partial charge in [-0.15, -0.1) is 10.2 Å². The fraction of sp³-hybridized carbons (Fsp3) is 0.348. The van der Waals surface area contributed by atoms with Gasteiger partial charge in [-0.2, -0.15) is 26.3 Å². The minimum Gasteiger partial charge on any atom is -0.477 e. The maximum atomic E-state index is 14.6. The Morgan fingerprint density at radius 1 is 1.11 bits per heavy atom. The average molecular weight is 530 g/mol. The molecule has 0 aliphatic carbocycles. The van der Waals surface area contributed by atoms with Gasteiger partial charge in [0.15, 0.2) is 5.69 Å². The second kappa shape index (κ2) is 10.0. The van der Waals surface area contributed by atoms with E-state index < -0.39 is 65.3 Å². The van der Waals surface area contributed by atoms with Crippen molar-refractivity contribution in [3.63, 3.8) is 0 Å². The molecule has 2 aromatic heterocycles. The highest BCUT2D eigenvalue weighted by Crippen LogP contribution is 2.47. The quantitative estimate of drug-likeness (QED) is 0.367. The number of aliphatic hydroxyl groups excluding tert-OH is 1. The highest BCUT2D eigenvalue weighted by Gasteiger charge is 2.65. The second-order valence-electron chi connectivity index (χ2n) is 8.06. The Hall–Kier alpha value is -3.65. The third kappa shape index (κ3) is 5.25. The summed E-state index contributed by atoms with van der Waals surface area (Å²) in [6.45, 7) is -0.856. The molecule has 8 nitrogen and oxygen atoms in total. The molecule has 2 unspecified atom stereocenters. The summed E-state index contributed by atoms with van der Waals surface area (Å²) in [7, 11) is 0. The molecule has 4 bridgehead atoms. The summed E-state index contributed by atoms with van der Waals surface area (Å²) in [4.78, 5) is 3.73. The molecule has 198 valence electrons. The molecule has 0 radical (unpaired) electrons. The monoisotopic (exact) mass is 530 g/mol. The van der Waals surface area contributed by atoms with Crippen LogP contribution in [0.25, 0.3) is 11.6 Å². The lowest BCUT2D eigenvalue weighted by molar-refractivity contribution is -0.319. The zero-order chi connectivity index (χ0) is 26.8. The third-order valence-corrected chi connectivity index (χ3v) is 5.49. The van der Waals surface area contributed by atoms with Crippen molar-refractivity contribution in [2.24, 2.45) is 0 Å². The molecule has 1 aromatic carbocycles. The van der Waals surface area contributed by atoms with Crippen molar-refractivity contribution in [1.82, 2.24) is 15.2 Å². The van der Waals surface area contributed by atoms with Gasteiger partial charge in [0.25, 0.3) is 17.4 Å². The third-order valence-electron chi connectivity index (χ3n) is 5.49. The first-order chi connectivity index (χ1) is 17.4. The van der Waals surface area contributed by atoms with Gasteiger partial charge in [-0.25, -0.2) is 4.98 Å². The van der Waals surface area contributed by atoms with Crippen LogP contribution in [-0.2, 0) is 23.1 Å². The highest BCUT2D eigenvalue weighted by atomic mass is 19.4. The lowest BCUT2D eigenvalue weighted by atomic mass is 9.94. The van der Waals surface area contributed by atoms with Crippen LogP contribution >= 0.6 is 0 Å². The normalized spacial score (nSPS) is 21.6. The fourth-order valence-electron chi connectivity index (χ4n) is 3.61. The largest absolute Gasteiger partial charge is 0.477 e. The molecule has 1 aliphatic heterocycles. The number of nitrogens with two attached hydrogens (primary N) is 1. The number of benzene rings is 1. The van der Waals surface area contributed by atoms with E-state index in [9.17, 15) is 31.4 Å². The van der Waals surface area contributed by atoms with Gasteiger partial charge in [-0.1, -0.05) is 42.5 Å². The number of rotatable bonds is 3. The molecular formula is C23H20F6N4O4. The van der Waals surface area contributed by atoms with E-state index in [-0.39, 0.29) is 19.4 Å². The van der Waals surface area contributed by atoms with E-state index in [2.05, 4.69) is 15.2 Å². The fourth-order valence-corrected chi connectivity index (χ4v) is 3.61. The van der Waals surface area contributed by atoms with E-state index in [1.54, 1.807) is 18.2 Å². The van der Waals surface area contributed by atoms with Gasteiger partial charge in [-0.05, 0) is 24.5 Å². The van der Waals surface area contributed by atoms with Crippen molar-refractivity contribution in [2.45, 2.75) is 43.5 Å². The van der Waals surface area contributed by atoms with Gasteiger partial charge in [0.2, 0.25) is 5.88 Å². The number of fused-ring (bicyclic) bond motifs is 5. The number of nitrogen functional groups attached to an aromatic ring is 1. The Morgan fingerprint density at radius 3 is 2.51 bits per heavy atom. The number of alkyl halides is 6. The van der Waals surface area contributed by atoms with Crippen LogP contribution in [-0.4, -0.2) is 39.2 Å². The molecule has 3 aromatic rings. The Balaban J connectivity index is 1.88. The number of hydrogen-bond acceptors (Lipinski definition) is 8. The molecule has 0 amide bonds. The number of halogens is 6. The molecule has 2 atom stereocenters. The number of allylic oxidation sites excluding steroid dienone is 1. The van der Waals surface area contributed by atoms with Gasteiger partial charge < -0.3 is 24.7 Å². The van der Waals surface area contributed by atoms with Crippen molar-refractivity contribution in [3.05, 3.63) is 65.6 Å². The first-order valence-corrected chi connectivity index (χ1v) is 10.9. The second-order valence-corrected chi connectivity index (χ2v) is 8.06. The zero-order valence-electron chi connectivity index (χ0n) is 18.9. The van der Waals surface area contributed by atoms with Gasteiger partial charge in [0, 0.05) is 0 Å². The standard InChI is InChI=1S/C23H20F6N4O4/c24-22(25,26)14-11-15(30)17-19-32-33-20(37-19)21(23(27,28)29,36-12-13-7-3-1-4-8-13)16(34)9-5-2-6-10-35-18(14)31-17/h1,3-5,7-9,11,16,34H,2,6,10,12,30H2/b9-5+. The summed E-state index contributed by atoms with van der Waals surface area (Å²) in [5.41, 5.74) is 0.170. The van der Waals surface area contributed by atoms with E-state index in [0.717, 1.165) is 6.08 Å². The summed E-state index contributed by atoms with van der Waals surface area (Å²) in [5, 5.41) is 17.7. The topological polar surface area (TPSA) is 117 Å². The molecule has 0 fully saturated rings. The van der Waals surface area contributed by atoms with Crippen LogP contribution in [0, 0.1) is 0 Å². The minimum atomic E-state index is -5.28. The van der Waals surface area contributed by atoms with Gasteiger partial charge in [-0.3, -0.25) is 0 Å². The summed E-state index contributed by atoms with van der Waals surface area (Å²) in [5.74, 6) is -2.76. The predicted molar refractivity (Wildman–Crippen MR) is 116 cm³/mol. The van der Waals surface area contributed by atoms with E-state index >= 15 is 0 Å². The van der Waals surface area contributed by atoms with Crippen molar-refractivity contribution < 1.29 is 45.3 Å². The van der Waals surface area contributed by atoms with Gasteiger partial charge in [0.05, 0.1) is 18.9 Å².